The second-order valence-electron chi connectivity index (χ2n) is 3.49. The van der Waals surface area contributed by atoms with Gasteiger partial charge in [-0.15, -0.1) is 6.58 Å². The van der Waals surface area contributed by atoms with Crippen molar-refractivity contribution in [1.82, 2.24) is 5.32 Å². The van der Waals surface area contributed by atoms with Crippen LogP contribution in [0.2, 0.25) is 0 Å². The maximum absolute atomic E-state index is 11.6. The minimum atomic E-state index is -0.681. The monoisotopic (exact) mass is 212 g/mol. The molecule has 0 aromatic rings. The zero-order valence-electron chi connectivity index (χ0n) is 8.57. The highest BCUT2D eigenvalue weighted by molar-refractivity contribution is 5.88. The van der Waals surface area contributed by atoms with Crippen LogP contribution in [-0.4, -0.2) is 30.6 Å². The Kier molecular flexibility index (Phi) is 4.30. The summed E-state index contributed by atoms with van der Waals surface area (Å²) < 4.78 is 5.18. The third-order valence-corrected chi connectivity index (χ3v) is 2.28. The van der Waals surface area contributed by atoms with Crippen LogP contribution in [0.15, 0.2) is 12.7 Å². The second-order valence-corrected chi connectivity index (χ2v) is 3.49. The van der Waals surface area contributed by atoms with Crippen LogP contribution < -0.4 is 11.1 Å². The number of ether oxygens (including phenoxy) is 1. The number of hydrogen-bond donors (Lipinski definition) is 2. The van der Waals surface area contributed by atoms with Gasteiger partial charge in [0.2, 0.25) is 11.8 Å². The average Bonchev–Trinajstić information content (AvgIpc) is 2.69. The van der Waals surface area contributed by atoms with Crippen molar-refractivity contribution in [2.75, 3.05) is 6.61 Å². The minimum absolute atomic E-state index is 0.266. The van der Waals surface area contributed by atoms with E-state index in [1.807, 2.05) is 0 Å². The van der Waals surface area contributed by atoms with E-state index in [4.69, 9.17) is 10.5 Å². The fourth-order valence-electron chi connectivity index (χ4n) is 1.46. The van der Waals surface area contributed by atoms with Crippen molar-refractivity contribution < 1.29 is 14.3 Å². The Balaban J connectivity index is 2.45. The summed E-state index contributed by atoms with van der Waals surface area (Å²) in [6.45, 7) is 4.10. The minimum Gasteiger partial charge on any atom is -0.368 e. The Morgan fingerprint density at radius 3 is 2.87 bits per heavy atom. The molecule has 0 aliphatic carbocycles. The van der Waals surface area contributed by atoms with Gasteiger partial charge in [-0.25, -0.2) is 0 Å². The molecule has 1 rings (SSSR count). The Morgan fingerprint density at radius 2 is 2.40 bits per heavy atom. The van der Waals surface area contributed by atoms with Gasteiger partial charge in [0.15, 0.2) is 0 Å². The van der Waals surface area contributed by atoms with E-state index in [0.717, 1.165) is 6.42 Å². The predicted molar refractivity (Wildman–Crippen MR) is 54.9 cm³/mol. The molecule has 3 N–H and O–H groups in total. The summed E-state index contributed by atoms with van der Waals surface area (Å²) in [5.41, 5.74) is 5.13. The number of nitrogens with two attached hydrogens (primary N) is 1. The lowest BCUT2D eigenvalue weighted by molar-refractivity contribution is -0.133. The van der Waals surface area contributed by atoms with Crippen molar-refractivity contribution in [3.63, 3.8) is 0 Å². The van der Waals surface area contributed by atoms with Gasteiger partial charge in [-0.05, 0) is 19.3 Å². The summed E-state index contributed by atoms with van der Waals surface area (Å²) in [5.74, 6) is -0.820. The Bertz CT molecular complexity index is 259. The number of hydrogen-bond acceptors (Lipinski definition) is 3. The molecule has 1 aliphatic heterocycles. The third-order valence-electron chi connectivity index (χ3n) is 2.28. The normalized spacial score (nSPS) is 22.0. The molecule has 84 valence electrons. The Labute approximate surface area is 88.7 Å². The summed E-state index contributed by atoms with van der Waals surface area (Å²) in [4.78, 5) is 22.5. The number of carbonyl (C=O) groups excluding carboxylic acids is 2. The Hall–Kier alpha value is -1.36. The number of rotatable bonds is 5. The van der Waals surface area contributed by atoms with E-state index in [2.05, 4.69) is 11.9 Å². The first-order valence-electron chi connectivity index (χ1n) is 4.97. The lowest BCUT2D eigenvalue weighted by atomic mass is 10.1. The van der Waals surface area contributed by atoms with Crippen molar-refractivity contribution in [3.8, 4) is 0 Å². The lowest BCUT2D eigenvalue weighted by Gasteiger charge is -2.16. The van der Waals surface area contributed by atoms with Gasteiger partial charge in [0, 0.05) is 6.61 Å². The number of amides is 2. The van der Waals surface area contributed by atoms with E-state index >= 15 is 0 Å². The quantitative estimate of drug-likeness (QED) is 0.614. The molecule has 2 atom stereocenters. The predicted octanol–water partition coefficient (Wildman–Crippen LogP) is -0.288. The molecule has 5 nitrogen and oxygen atoms in total. The highest BCUT2D eigenvalue weighted by Crippen LogP contribution is 2.12. The maximum Gasteiger partial charge on any atom is 0.249 e. The van der Waals surface area contributed by atoms with Crippen molar-refractivity contribution >= 4 is 11.8 Å². The fourth-order valence-corrected chi connectivity index (χ4v) is 1.46. The number of primary amides is 1. The average molecular weight is 212 g/mol. The molecule has 0 aromatic carbocycles. The number of carbonyl (C=O) groups is 2. The summed E-state index contributed by atoms with van der Waals surface area (Å²) in [5, 5.41) is 2.55. The highest BCUT2D eigenvalue weighted by Gasteiger charge is 2.26. The Morgan fingerprint density at radius 1 is 1.67 bits per heavy atom. The summed E-state index contributed by atoms with van der Waals surface area (Å²) in [6, 6.07) is -0.681. The van der Waals surface area contributed by atoms with E-state index in [0.29, 0.717) is 19.4 Å². The smallest absolute Gasteiger partial charge is 0.249 e. The van der Waals surface area contributed by atoms with Crippen LogP contribution >= 0.6 is 0 Å². The molecule has 0 radical (unpaired) electrons. The molecule has 1 saturated heterocycles. The molecule has 1 aliphatic rings. The lowest BCUT2D eigenvalue weighted by Crippen LogP contribution is -2.47. The van der Waals surface area contributed by atoms with E-state index in [1.165, 1.54) is 0 Å². The zero-order valence-corrected chi connectivity index (χ0v) is 8.57. The molecule has 0 spiro atoms. The molecule has 5 heteroatoms. The first-order chi connectivity index (χ1) is 7.15. The molecule has 0 bridgehead atoms. The highest BCUT2D eigenvalue weighted by atomic mass is 16.5. The molecular formula is C10H16N2O3. The topological polar surface area (TPSA) is 81.4 Å². The molecule has 0 saturated carbocycles. The van der Waals surface area contributed by atoms with Crippen molar-refractivity contribution in [3.05, 3.63) is 12.7 Å². The standard InChI is InChI=1S/C10H16N2O3/c1-2-4-7(9(11)13)12-10(14)8-5-3-6-15-8/h2,7-8H,1,3-6H2,(H2,11,13)(H,12,14)/t7-,8+/m0/s1. The first kappa shape index (κ1) is 11.7. The van der Waals surface area contributed by atoms with Crippen LogP contribution in [0.4, 0.5) is 0 Å². The van der Waals surface area contributed by atoms with Crippen molar-refractivity contribution in [2.45, 2.75) is 31.4 Å². The van der Waals surface area contributed by atoms with Crippen LogP contribution in [0.3, 0.4) is 0 Å². The van der Waals surface area contributed by atoms with Gasteiger partial charge < -0.3 is 15.8 Å². The molecule has 0 aromatic heterocycles. The van der Waals surface area contributed by atoms with Crippen molar-refractivity contribution in [2.24, 2.45) is 5.73 Å². The van der Waals surface area contributed by atoms with Gasteiger partial charge in [0.05, 0.1) is 0 Å². The van der Waals surface area contributed by atoms with Gasteiger partial charge in [0.1, 0.15) is 12.1 Å². The van der Waals surface area contributed by atoms with Gasteiger partial charge in [-0.3, -0.25) is 9.59 Å². The fraction of sp³-hybridized carbons (Fsp3) is 0.600. The maximum atomic E-state index is 11.6. The first-order valence-corrected chi connectivity index (χ1v) is 4.97. The van der Waals surface area contributed by atoms with Crippen LogP contribution in [0, 0.1) is 0 Å². The zero-order chi connectivity index (χ0) is 11.3. The molecule has 0 unspecified atom stereocenters. The van der Waals surface area contributed by atoms with Gasteiger partial charge in [0.25, 0.3) is 0 Å². The molecular weight excluding hydrogens is 196 g/mol. The van der Waals surface area contributed by atoms with Crippen LogP contribution in [0.25, 0.3) is 0 Å². The third kappa shape index (κ3) is 3.36. The van der Waals surface area contributed by atoms with Crippen LogP contribution in [0.1, 0.15) is 19.3 Å². The van der Waals surface area contributed by atoms with E-state index in [9.17, 15) is 9.59 Å². The summed E-state index contributed by atoms with van der Waals surface area (Å²) in [7, 11) is 0. The molecule has 1 heterocycles. The van der Waals surface area contributed by atoms with E-state index in [1.54, 1.807) is 6.08 Å². The molecule has 2 amide bonds. The second kappa shape index (κ2) is 5.50. The largest absolute Gasteiger partial charge is 0.368 e. The summed E-state index contributed by atoms with van der Waals surface area (Å²) >= 11 is 0. The van der Waals surface area contributed by atoms with Crippen LogP contribution in [-0.2, 0) is 14.3 Å². The van der Waals surface area contributed by atoms with E-state index < -0.39 is 18.1 Å². The van der Waals surface area contributed by atoms with Gasteiger partial charge >= 0.3 is 0 Å². The van der Waals surface area contributed by atoms with Gasteiger partial charge in [-0.2, -0.15) is 0 Å². The molecule has 1 fully saturated rings. The van der Waals surface area contributed by atoms with Gasteiger partial charge in [-0.1, -0.05) is 6.08 Å². The van der Waals surface area contributed by atoms with Crippen molar-refractivity contribution in [1.29, 1.82) is 0 Å². The SMILES string of the molecule is C=CC[C@H](NC(=O)[C@H]1CCCO1)C(N)=O. The summed E-state index contributed by atoms with van der Waals surface area (Å²) in [6.07, 6.45) is 3.03. The molecule has 15 heavy (non-hydrogen) atoms. The number of nitrogens with one attached hydrogen (secondary N) is 1. The van der Waals surface area contributed by atoms with Crippen LogP contribution in [0.5, 0.6) is 0 Å². The van der Waals surface area contributed by atoms with E-state index in [-0.39, 0.29) is 5.91 Å².